The van der Waals surface area contributed by atoms with Gasteiger partial charge >= 0.3 is 0 Å². The molecule has 1 aromatic heterocycles. The van der Waals surface area contributed by atoms with Gasteiger partial charge in [-0.25, -0.2) is 0 Å². The number of benzene rings is 1. The van der Waals surface area contributed by atoms with E-state index in [4.69, 9.17) is 4.74 Å². The molecule has 2 heterocycles. The molecule has 0 bridgehead atoms. The Morgan fingerprint density at radius 3 is 2.83 bits per heavy atom. The van der Waals surface area contributed by atoms with Gasteiger partial charge in [-0.05, 0) is 55.4 Å². The number of aromatic nitrogens is 1. The lowest BCUT2D eigenvalue weighted by Crippen LogP contribution is -2.19. The Morgan fingerprint density at radius 2 is 2.17 bits per heavy atom. The molecule has 1 aromatic carbocycles. The van der Waals surface area contributed by atoms with Gasteiger partial charge in [-0.3, -0.25) is 4.98 Å². The molecule has 2 aromatic rings. The molecule has 1 saturated heterocycles. The first-order valence-corrected chi connectivity index (χ1v) is 8.46. The predicted octanol–water partition coefficient (Wildman–Crippen LogP) is 4.09. The molecule has 0 radical (unpaired) electrons. The molecule has 1 aliphatic rings. The monoisotopic (exact) mass is 324 g/mol. The Balaban J connectivity index is 1.92. The molecule has 3 rings (SSSR count). The SMILES string of the molecule is Cc1cc(/C(C[C@@H](c2ccccc2C)C2CCOC2)=N/O)ccn1. The average molecular weight is 324 g/mol. The minimum absolute atomic E-state index is 0.285. The number of nitrogens with zero attached hydrogens (tertiary/aromatic N) is 2. The lowest BCUT2D eigenvalue weighted by Gasteiger charge is -2.25. The Bertz CT molecular complexity index is 721. The molecular formula is C20H24N2O2. The summed E-state index contributed by atoms with van der Waals surface area (Å²) in [6.45, 7) is 5.67. The van der Waals surface area contributed by atoms with E-state index in [1.807, 2.05) is 19.1 Å². The number of ether oxygens (including phenoxy) is 1. The Kier molecular flexibility index (Phi) is 5.26. The predicted molar refractivity (Wildman–Crippen MR) is 94.8 cm³/mol. The lowest BCUT2D eigenvalue weighted by molar-refractivity contribution is 0.180. The zero-order chi connectivity index (χ0) is 16.9. The van der Waals surface area contributed by atoms with Crippen LogP contribution in [-0.4, -0.2) is 29.1 Å². The first kappa shape index (κ1) is 16.7. The fourth-order valence-electron chi connectivity index (χ4n) is 3.55. The van der Waals surface area contributed by atoms with Gasteiger partial charge < -0.3 is 9.94 Å². The van der Waals surface area contributed by atoms with Crippen LogP contribution < -0.4 is 0 Å². The maximum Gasteiger partial charge on any atom is 0.0875 e. The fraction of sp³-hybridized carbons (Fsp3) is 0.400. The van der Waals surface area contributed by atoms with E-state index < -0.39 is 0 Å². The largest absolute Gasteiger partial charge is 0.411 e. The number of rotatable bonds is 5. The molecule has 1 N–H and O–H groups in total. The molecule has 4 heteroatoms. The van der Waals surface area contributed by atoms with Crippen LogP contribution in [0.25, 0.3) is 0 Å². The highest BCUT2D eigenvalue weighted by Gasteiger charge is 2.29. The van der Waals surface area contributed by atoms with Gasteiger partial charge in [0.2, 0.25) is 0 Å². The highest BCUT2D eigenvalue weighted by Crippen LogP contribution is 2.36. The quantitative estimate of drug-likeness (QED) is 0.512. The van der Waals surface area contributed by atoms with Crippen molar-refractivity contribution in [2.24, 2.45) is 11.1 Å². The van der Waals surface area contributed by atoms with Gasteiger partial charge in [0, 0.05) is 30.5 Å². The van der Waals surface area contributed by atoms with Crippen LogP contribution in [0.4, 0.5) is 0 Å². The molecule has 0 aliphatic carbocycles. The molecule has 0 saturated carbocycles. The minimum Gasteiger partial charge on any atom is -0.411 e. The molecule has 2 atom stereocenters. The summed E-state index contributed by atoms with van der Waals surface area (Å²) >= 11 is 0. The normalized spacial score (nSPS) is 19.4. The summed E-state index contributed by atoms with van der Waals surface area (Å²) in [6.07, 6.45) is 3.50. The second-order valence-electron chi connectivity index (χ2n) is 6.52. The van der Waals surface area contributed by atoms with Crippen LogP contribution in [0.5, 0.6) is 0 Å². The van der Waals surface area contributed by atoms with Crippen LogP contribution >= 0.6 is 0 Å². The van der Waals surface area contributed by atoms with Gasteiger partial charge in [0.1, 0.15) is 0 Å². The van der Waals surface area contributed by atoms with Crippen molar-refractivity contribution >= 4 is 5.71 Å². The zero-order valence-electron chi connectivity index (χ0n) is 14.3. The van der Waals surface area contributed by atoms with Crippen molar-refractivity contribution in [3.63, 3.8) is 0 Å². The van der Waals surface area contributed by atoms with Gasteiger partial charge in [0.05, 0.1) is 12.3 Å². The van der Waals surface area contributed by atoms with Crippen molar-refractivity contribution in [2.75, 3.05) is 13.2 Å². The van der Waals surface area contributed by atoms with E-state index >= 15 is 0 Å². The summed E-state index contributed by atoms with van der Waals surface area (Å²) in [5, 5.41) is 13.2. The molecule has 1 unspecified atom stereocenters. The molecule has 1 fully saturated rings. The van der Waals surface area contributed by atoms with Crippen molar-refractivity contribution in [3.8, 4) is 0 Å². The van der Waals surface area contributed by atoms with Crippen molar-refractivity contribution in [3.05, 3.63) is 65.0 Å². The first-order valence-electron chi connectivity index (χ1n) is 8.46. The van der Waals surface area contributed by atoms with Gasteiger partial charge in [0.15, 0.2) is 0 Å². The van der Waals surface area contributed by atoms with Crippen molar-refractivity contribution in [1.82, 2.24) is 4.98 Å². The van der Waals surface area contributed by atoms with Crippen LogP contribution in [-0.2, 0) is 4.74 Å². The highest BCUT2D eigenvalue weighted by atomic mass is 16.5. The summed E-state index contributed by atoms with van der Waals surface area (Å²) in [4.78, 5) is 4.23. The second kappa shape index (κ2) is 7.58. The van der Waals surface area contributed by atoms with E-state index in [-0.39, 0.29) is 5.92 Å². The maximum atomic E-state index is 9.61. The molecule has 1 aliphatic heterocycles. The average Bonchev–Trinajstić information content (AvgIpc) is 3.11. The molecule has 24 heavy (non-hydrogen) atoms. The molecular weight excluding hydrogens is 300 g/mol. The lowest BCUT2D eigenvalue weighted by atomic mass is 9.79. The van der Waals surface area contributed by atoms with Gasteiger partial charge in [-0.2, -0.15) is 0 Å². The van der Waals surface area contributed by atoms with Crippen LogP contribution in [0.2, 0.25) is 0 Å². The first-order chi connectivity index (χ1) is 11.7. The van der Waals surface area contributed by atoms with Gasteiger partial charge in [-0.1, -0.05) is 29.4 Å². The highest BCUT2D eigenvalue weighted by molar-refractivity contribution is 6.00. The van der Waals surface area contributed by atoms with E-state index in [0.29, 0.717) is 18.1 Å². The summed E-state index contributed by atoms with van der Waals surface area (Å²) in [5.74, 6) is 0.735. The third-order valence-corrected chi connectivity index (χ3v) is 4.89. The summed E-state index contributed by atoms with van der Waals surface area (Å²) in [5.41, 5.74) is 5.16. The Hall–Kier alpha value is -2.20. The van der Waals surface area contributed by atoms with Gasteiger partial charge in [0.25, 0.3) is 0 Å². The smallest absolute Gasteiger partial charge is 0.0875 e. The Morgan fingerprint density at radius 1 is 1.33 bits per heavy atom. The van der Waals surface area contributed by atoms with Crippen LogP contribution in [0.15, 0.2) is 47.8 Å². The third-order valence-electron chi connectivity index (χ3n) is 4.89. The number of oxime groups is 1. The van der Waals surface area contributed by atoms with Crippen molar-refractivity contribution < 1.29 is 9.94 Å². The number of hydrogen-bond donors (Lipinski definition) is 1. The standard InChI is InChI=1S/C20H24N2O2/c1-14-5-3-4-6-18(14)19(17-8-10-24-13-17)12-20(22-23)16-7-9-21-15(2)11-16/h3-7,9,11,17,19,23H,8,10,12-13H2,1-2H3/b22-20+/t17?,19-/m1/s1. The minimum atomic E-state index is 0.285. The number of aryl methyl sites for hydroxylation is 2. The summed E-state index contributed by atoms with van der Waals surface area (Å²) in [6, 6.07) is 12.3. The van der Waals surface area contributed by atoms with E-state index in [1.54, 1.807) is 6.20 Å². The molecule has 0 spiro atoms. The summed E-state index contributed by atoms with van der Waals surface area (Å²) in [7, 11) is 0. The number of pyridine rings is 1. The Labute approximate surface area is 143 Å². The number of hydrogen-bond acceptors (Lipinski definition) is 4. The van der Waals surface area contributed by atoms with Crippen molar-refractivity contribution in [1.29, 1.82) is 0 Å². The van der Waals surface area contributed by atoms with Crippen LogP contribution in [0, 0.1) is 19.8 Å². The molecule has 4 nitrogen and oxygen atoms in total. The fourth-order valence-corrected chi connectivity index (χ4v) is 3.55. The zero-order valence-corrected chi connectivity index (χ0v) is 14.3. The van der Waals surface area contributed by atoms with E-state index in [9.17, 15) is 5.21 Å². The maximum absolute atomic E-state index is 9.61. The second-order valence-corrected chi connectivity index (χ2v) is 6.52. The van der Waals surface area contributed by atoms with Gasteiger partial charge in [-0.15, -0.1) is 0 Å². The summed E-state index contributed by atoms with van der Waals surface area (Å²) < 4.78 is 5.63. The van der Waals surface area contributed by atoms with E-state index in [0.717, 1.165) is 30.9 Å². The van der Waals surface area contributed by atoms with Crippen LogP contribution in [0.1, 0.15) is 41.1 Å². The van der Waals surface area contributed by atoms with Crippen molar-refractivity contribution in [2.45, 2.75) is 32.6 Å². The van der Waals surface area contributed by atoms with E-state index in [2.05, 4.69) is 41.3 Å². The topological polar surface area (TPSA) is 54.7 Å². The van der Waals surface area contributed by atoms with E-state index in [1.165, 1.54) is 11.1 Å². The van der Waals surface area contributed by atoms with Crippen LogP contribution in [0.3, 0.4) is 0 Å². The third kappa shape index (κ3) is 3.65. The molecule has 0 amide bonds. The molecule has 126 valence electrons.